The lowest BCUT2D eigenvalue weighted by Gasteiger charge is -2.14. The lowest BCUT2D eigenvalue weighted by Crippen LogP contribution is -1.98. The predicted octanol–water partition coefficient (Wildman–Crippen LogP) is 12.8. The van der Waals surface area contributed by atoms with E-state index in [0.29, 0.717) is 5.82 Å². The summed E-state index contributed by atoms with van der Waals surface area (Å²) in [5, 5.41) is 7.45. The van der Waals surface area contributed by atoms with Gasteiger partial charge in [0.2, 0.25) is 0 Å². The van der Waals surface area contributed by atoms with Crippen molar-refractivity contribution in [3.63, 3.8) is 0 Å². The second-order valence-electron chi connectivity index (χ2n) is 13.8. The van der Waals surface area contributed by atoms with E-state index in [1.165, 1.54) is 54.4 Å². The number of aromatic nitrogens is 4. The lowest BCUT2D eigenvalue weighted by molar-refractivity contribution is 1.17. The molecule has 3 heterocycles. The first kappa shape index (κ1) is 30.3. The number of fused-ring (bicyclic) bond motifs is 10. The highest BCUT2D eigenvalue weighted by atomic mass is 15.0. The van der Waals surface area contributed by atoms with E-state index in [4.69, 9.17) is 9.97 Å². The average Bonchev–Trinajstić information content (AvgIpc) is 3.79. The zero-order valence-corrected chi connectivity index (χ0v) is 29.3. The van der Waals surface area contributed by atoms with E-state index in [1.807, 2.05) is 12.1 Å². The van der Waals surface area contributed by atoms with Gasteiger partial charge in [0.25, 0.3) is 0 Å². The molecule has 0 amide bonds. The van der Waals surface area contributed by atoms with Crippen LogP contribution < -0.4 is 0 Å². The van der Waals surface area contributed by atoms with Crippen LogP contribution in [0.25, 0.3) is 99.7 Å². The molecule has 11 rings (SSSR count). The van der Waals surface area contributed by atoms with Gasteiger partial charge in [-0.1, -0.05) is 140 Å². The van der Waals surface area contributed by atoms with E-state index >= 15 is 0 Å². The van der Waals surface area contributed by atoms with Crippen LogP contribution in [0, 0.1) is 0 Å². The van der Waals surface area contributed by atoms with Gasteiger partial charge in [-0.05, 0) is 54.6 Å². The molecule has 0 unspecified atom stereocenters. The third-order valence-corrected chi connectivity index (χ3v) is 10.7. The first-order valence-electron chi connectivity index (χ1n) is 18.3. The number of hydrogen-bond donors (Lipinski definition) is 0. The summed E-state index contributed by atoms with van der Waals surface area (Å²) in [6.07, 6.45) is 0. The highest BCUT2D eigenvalue weighted by Crippen LogP contribution is 2.46. The molecule has 54 heavy (non-hydrogen) atoms. The Morgan fingerprint density at radius 3 is 1.19 bits per heavy atom. The molecule has 0 saturated carbocycles. The van der Waals surface area contributed by atoms with Crippen molar-refractivity contribution in [2.45, 2.75) is 0 Å². The van der Waals surface area contributed by atoms with Gasteiger partial charge in [0.15, 0.2) is 5.82 Å². The largest absolute Gasteiger partial charge is 0.309 e. The Hall–Kier alpha value is -7.30. The van der Waals surface area contributed by atoms with Crippen LogP contribution >= 0.6 is 0 Å². The Morgan fingerprint density at radius 2 is 0.704 bits per heavy atom. The Bertz CT molecular complexity index is 3120. The maximum Gasteiger partial charge on any atom is 0.160 e. The maximum atomic E-state index is 5.10. The number of para-hydroxylation sites is 3. The van der Waals surface area contributed by atoms with E-state index in [1.54, 1.807) is 0 Å². The molecular weight excluding hydrogens is 657 g/mol. The van der Waals surface area contributed by atoms with Gasteiger partial charge in [-0.3, -0.25) is 0 Å². The van der Waals surface area contributed by atoms with Crippen molar-refractivity contribution in [1.29, 1.82) is 0 Å². The number of hydrogen-bond acceptors (Lipinski definition) is 2. The molecule has 0 atom stereocenters. The van der Waals surface area contributed by atoms with Gasteiger partial charge in [-0.15, -0.1) is 0 Å². The van der Waals surface area contributed by atoms with Gasteiger partial charge >= 0.3 is 0 Å². The maximum absolute atomic E-state index is 5.10. The number of benzene rings is 8. The standard InChI is InChI=1S/C50H32N4/c1-4-16-33(17-5-1)42-32-43(34-18-6-2-7-19-34)52-50(51-42)35-28-30-37(31-29-35)54-45-27-15-13-25-41(45)47-46-40-24-12-14-26-44(40)53(36-20-8-3-9-21-36)48(46)38-22-10-11-23-39(38)49(47)54/h1-32H. The molecule has 0 aliphatic rings. The van der Waals surface area contributed by atoms with Gasteiger partial charge in [0, 0.05) is 60.4 Å². The molecule has 8 aromatic carbocycles. The summed E-state index contributed by atoms with van der Waals surface area (Å²) in [6.45, 7) is 0. The van der Waals surface area contributed by atoms with Crippen LogP contribution in [0.15, 0.2) is 194 Å². The van der Waals surface area contributed by atoms with Gasteiger partial charge in [0.05, 0.1) is 33.5 Å². The summed E-state index contributed by atoms with van der Waals surface area (Å²) < 4.78 is 4.89. The fourth-order valence-electron chi connectivity index (χ4n) is 8.36. The quantitative estimate of drug-likeness (QED) is 0.180. The molecule has 0 fully saturated rings. The van der Waals surface area contributed by atoms with E-state index in [9.17, 15) is 0 Å². The molecule has 0 aliphatic heterocycles. The van der Waals surface area contributed by atoms with Crippen molar-refractivity contribution in [2.24, 2.45) is 0 Å². The van der Waals surface area contributed by atoms with Gasteiger partial charge in [-0.2, -0.15) is 0 Å². The zero-order chi connectivity index (χ0) is 35.6. The summed E-state index contributed by atoms with van der Waals surface area (Å²) in [4.78, 5) is 10.2. The van der Waals surface area contributed by atoms with Crippen molar-refractivity contribution < 1.29 is 0 Å². The normalized spacial score (nSPS) is 11.7. The molecule has 252 valence electrons. The molecule has 0 radical (unpaired) electrons. The monoisotopic (exact) mass is 688 g/mol. The van der Waals surface area contributed by atoms with Crippen molar-refractivity contribution in [3.8, 4) is 45.3 Å². The van der Waals surface area contributed by atoms with Crippen LogP contribution in [0.2, 0.25) is 0 Å². The molecule has 0 bridgehead atoms. The number of rotatable bonds is 5. The van der Waals surface area contributed by atoms with Crippen LogP contribution in [0.1, 0.15) is 0 Å². The molecule has 0 aliphatic carbocycles. The van der Waals surface area contributed by atoms with E-state index in [-0.39, 0.29) is 0 Å². The van der Waals surface area contributed by atoms with Crippen LogP contribution in [0.4, 0.5) is 0 Å². The highest BCUT2D eigenvalue weighted by molar-refractivity contribution is 6.37. The molecule has 4 heteroatoms. The zero-order valence-electron chi connectivity index (χ0n) is 29.3. The molecular formula is C50H32N4. The lowest BCUT2D eigenvalue weighted by atomic mass is 9.99. The van der Waals surface area contributed by atoms with Crippen LogP contribution in [-0.2, 0) is 0 Å². The van der Waals surface area contributed by atoms with E-state index in [0.717, 1.165) is 39.5 Å². The molecule has 4 nitrogen and oxygen atoms in total. The van der Waals surface area contributed by atoms with Crippen molar-refractivity contribution in [2.75, 3.05) is 0 Å². The Labute approximate surface area is 311 Å². The topological polar surface area (TPSA) is 35.6 Å². The molecule has 3 aromatic heterocycles. The van der Waals surface area contributed by atoms with Gasteiger partial charge in [0.1, 0.15) is 0 Å². The van der Waals surface area contributed by atoms with Crippen molar-refractivity contribution in [3.05, 3.63) is 194 Å². The Morgan fingerprint density at radius 1 is 0.315 bits per heavy atom. The third kappa shape index (κ3) is 4.64. The molecule has 0 N–H and O–H groups in total. The minimum atomic E-state index is 0.699. The Balaban J connectivity index is 1.17. The fraction of sp³-hybridized carbons (Fsp3) is 0. The summed E-state index contributed by atoms with van der Waals surface area (Å²) in [5.74, 6) is 0.699. The van der Waals surface area contributed by atoms with Crippen molar-refractivity contribution >= 4 is 54.4 Å². The minimum absolute atomic E-state index is 0.699. The molecule has 0 spiro atoms. The van der Waals surface area contributed by atoms with Gasteiger partial charge in [-0.25, -0.2) is 9.97 Å². The second-order valence-corrected chi connectivity index (χ2v) is 13.8. The number of nitrogens with zero attached hydrogens (tertiary/aromatic N) is 4. The van der Waals surface area contributed by atoms with E-state index in [2.05, 4.69) is 191 Å². The van der Waals surface area contributed by atoms with Crippen LogP contribution in [0.5, 0.6) is 0 Å². The van der Waals surface area contributed by atoms with Gasteiger partial charge < -0.3 is 9.13 Å². The van der Waals surface area contributed by atoms with E-state index < -0.39 is 0 Å². The average molecular weight is 689 g/mol. The highest BCUT2D eigenvalue weighted by Gasteiger charge is 2.24. The van der Waals surface area contributed by atoms with Crippen molar-refractivity contribution in [1.82, 2.24) is 19.1 Å². The molecule has 0 saturated heterocycles. The Kier molecular flexibility index (Phi) is 6.82. The molecule has 11 aromatic rings. The fourth-order valence-corrected chi connectivity index (χ4v) is 8.36. The minimum Gasteiger partial charge on any atom is -0.309 e. The summed E-state index contributed by atoms with van der Waals surface area (Å²) in [6, 6.07) is 68.8. The summed E-state index contributed by atoms with van der Waals surface area (Å²) in [7, 11) is 0. The SMILES string of the molecule is c1ccc(-c2cc(-c3ccccc3)nc(-c3ccc(-n4c5ccccc5c5c6c7ccccc7n(-c7ccccc7)c6c6ccccc6c54)cc3)n2)cc1. The first-order valence-corrected chi connectivity index (χ1v) is 18.3. The summed E-state index contributed by atoms with van der Waals surface area (Å²) in [5.41, 5.74) is 11.9. The third-order valence-electron chi connectivity index (χ3n) is 10.7. The van der Waals surface area contributed by atoms with Crippen LogP contribution in [-0.4, -0.2) is 19.1 Å². The first-order chi connectivity index (χ1) is 26.8. The summed E-state index contributed by atoms with van der Waals surface area (Å²) >= 11 is 0. The predicted molar refractivity (Wildman–Crippen MR) is 225 cm³/mol. The second kappa shape index (κ2) is 12.1. The smallest absolute Gasteiger partial charge is 0.160 e. The van der Waals surface area contributed by atoms with Crippen LogP contribution in [0.3, 0.4) is 0 Å².